The molecule has 1 aromatic heterocycles. The van der Waals surface area contributed by atoms with E-state index in [1.807, 2.05) is 20.8 Å². The molecule has 2 unspecified atom stereocenters. The first kappa shape index (κ1) is 14.7. The van der Waals surface area contributed by atoms with E-state index < -0.39 is 5.82 Å². The lowest BCUT2D eigenvalue weighted by Crippen LogP contribution is -2.50. The first-order valence-corrected chi connectivity index (χ1v) is 6.85. The molecule has 1 aliphatic heterocycles. The van der Waals surface area contributed by atoms with Gasteiger partial charge in [0.25, 0.3) is 5.91 Å². The Morgan fingerprint density at radius 3 is 3.05 bits per heavy atom. The molecule has 0 bridgehead atoms. The number of rotatable bonds is 3. The molecule has 1 aliphatic rings. The van der Waals surface area contributed by atoms with Crippen LogP contribution in [0, 0.1) is 5.82 Å². The number of carbonyl (C=O) groups is 1. The average Bonchev–Trinajstić information content (AvgIpc) is 2.43. The fourth-order valence-corrected chi connectivity index (χ4v) is 2.24. The lowest BCUT2D eigenvalue weighted by atomic mass is 10.1. The molecule has 1 amide bonds. The van der Waals surface area contributed by atoms with Crippen LogP contribution in [-0.4, -0.2) is 47.6 Å². The van der Waals surface area contributed by atoms with E-state index >= 15 is 0 Å². The van der Waals surface area contributed by atoms with E-state index in [0.717, 1.165) is 0 Å². The molecule has 110 valence electrons. The van der Waals surface area contributed by atoms with E-state index in [2.05, 4.69) is 10.3 Å². The van der Waals surface area contributed by atoms with Crippen molar-refractivity contribution >= 4 is 11.7 Å². The third-order valence-electron chi connectivity index (χ3n) is 3.33. The van der Waals surface area contributed by atoms with Gasteiger partial charge in [-0.1, -0.05) is 0 Å². The SMILES string of the molecule is CCNc1nccc(C(=O)N2CC(C)OCC2C)c1F. The highest BCUT2D eigenvalue weighted by molar-refractivity contribution is 5.95. The van der Waals surface area contributed by atoms with E-state index in [9.17, 15) is 9.18 Å². The minimum Gasteiger partial charge on any atom is -0.375 e. The molecule has 0 aliphatic carbocycles. The van der Waals surface area contributed by atoms with Gasteiger partial charge in [0.1, 0.15) is 0 Å². The van der Waals surface area contributed by atoms with Crippen LogP contribution < -0.4 is 5.32 Å². The van der Waals surface area contributed by atoms with Gasteiger partial charge in [0, 0.05) is 19.3 Å². The molecule has 1 fully saturated rings. The minimum absolute atomic E-state index is 0.0340. The molecule has 0 saturated carbocycles. The molecular formula is C14H20FN3O2. The van der Waals surface area contributed by atoms with E-state index in [1.54, 1.807) is 4.90 Å². The largest absolute Gasteiger partial charge is 0.375 e. The van der Waals surface area contributed by atoms with Crippen molar-refractivity contribution in [1.82, 2.24) is 9.88 Å². The van der Waals surface area contributed by atoms with Crippen LogP contribution in [0.25, 0.3) is 0 Å². The second-order valence-corrected chi connectivity index (χ2v) is 5.00. The highest BCUT2D eigenvalue weighted by Gasteiger charge is 2.30. The maximum absolute atomic E-state index is 14.3. The van der Waals surface area contributed by atoms with Crippen molar-refractivity contribution < 1.29 is 13.9 Å². The van der Waals surface area contributed by atoms with E-state index in [1.165, 1.54) is 12.3 Å². The summed E-state index contributed by atoms with van der Waals surface area (Å²) in [6.07, 6.45) is 1.41. The van der Waals surface area contributed by atoms with Crippen LogP contribution in [0.5, 0.6) is 0 Å². The number of nitrogens with zero attached hydrogens (tertiary/aromatic N) is 2. The van der Waals surface area contributed by atoms with Crippen LogP contribution in [0.4, 0.5) is 10.2 Å². The number of carbonyl (C=O) groups excluding carboxylic acids is 1. The Morgan fingerprint density at radius 2 is 2.35 bits per heavy atom. The number of hydrogen-bond acceptors (Lipinski definition) is 4. The normalized spacial score (nSPS) is 22.7. The zero-order valence-corrected chi connectivity index (χ0v) is 12.0. The van der Waals surface area contributed by atoms with Gasteiger partial charge in [-0.05, 0) is 26.8 Å². The monoisotopic (exact) mass is 281 g/mol. The van der Waals surface area contributed by atoms with Gasteiger partial charge in [-0.15, -0.1) is 0 Å². The van der Waals surface area contributed by atoms with Crippen LogP contribution in [0.2, 0.25) is 0 Å². The second kappa shape index (κ2) is 6.17. The van der Waals surface area contributed by atoms with Gasteiger partial charge in [0.05, 0.1) is 24.3 Å². The second-order valence-electron chi connectivity index (χ2n) is 5.00. The molecule has 0 aromatic carbocycles. The first-order chi connectivity index (χ1) is 9.54. The van der Waals surface area contributed by atoms with Crippen LogP contribution in [-0.2, 0) is 4.74 Å². The van der Waals surface area contributed by atoms with E-state index in [-0.39, 0.29) is 29.4 Å². The smallest absolute Gasteiger partial charge is 0.257 e. The van der Waals surface area contributed by atoms with E-state index in [4.69, 9.17) is 4.74 Å². The fraction of sp³-hybridized carbons (Fsp3) is 0.571. The Balaban J connectivity index is 2.26. The minimum atomic E-state index is -0.592. The van der Waals surface area contributed by atoms with Gasteiger partial charge in [0.15, 0.2) is 11.6 Å². The predicted octanol–water partition coefficient (Wildman–Crippen LogP) is 1.90. The number of morpholine rings is 1. The summed E-state index contributed by atoms with van der Waals surface area (Å²) < 4.78 is 19.8. The Bertz CT molecular complexity index is 495. The van der Waals surface area contributed by atoms with Crippen molar-refractivity contribution in [2.75, 3.05) is 25.0 Å². The maximum atomic E-state index is 14.3. The van der Waals surface area contributed by atoms with Crippen molar-refractivity contribution in [1.29, 1.82) is 0 Å². The van der Waals surface area contributed by atoms with Gasteiger partial charge in [-0.2, -0.15) is 0 Å². The van der Waals surface area contributed by atoms with Crippen molar-refractivity contribution in [2.45, 2.75) is 32.9 Å². The number of amides is 1. The van der Waals surface area contributed by atoms with Crippen molar-refractivity contribution in [2.24, 2.45) is 0 Å². The first-order valence-electron chi connectivity index (χ1n) is 6.85. The number of ether oxygens (including phenoxy) is 1. The average molecular weight is 281 g/mol. The number of nitrogens with one attached hydrogen (secondary N) is 1. The van der Waals surface area contributed by atoms with Crippen LogP contribution >= 0.6 is 0 Å². The molecule has 2 atom stereocenters. The van der Waals surface area contributed by atoms with Crippen LogP contribution in [0.15, 0.2) is 12.3 Å². The molecule has 5 nitrogen and oxygen atoms in total. The third kappa shape index (κ3) is 2.90. The number of halogens is 1. The standard InChI is InChI=1S/C14H20FN3O2/c1-4-16-13-12(15)11(5-6-17-13)14(19)18-7-10(3)20-8-9(18)2/h5-6,9-10H,4,7-8H2,1-3H3,(H,16,17). The fourth-order valence-electron chi connectivity index (χ4n) is 2.24. The molecule has 1 saturated heterocycles. The summed E-state index contributed by atoms with van der Waals surface area (Å²) in [5, 5.41) is 2.81. The quantitative estimate of drug-likeness (QED) is 0.919. The molecule has 6 heteroatoms. The Kier molecular flexibility index (Phi) is 4.54. The van der Waals surface area contributed by atoms with Gasteiger partial charge in [-0.3, -0.25) is 4.79 Å². The molecular weight excluding hydrogens is 261 g/mol. The molecule has 20 heavy (non-hydrogen) atoms. The Labute approximate surface area is 118 Å². The number of hydrogen-bond donors (Lipinski definition) is 1. The van der Waals surface area contributed by atoms with Gasteiger partial charge < -0.3 is 15.0 Å². The number of aromatic nitrogens is 1. The van der Waals surface area contributed by atoms with Crippen LogP contribution in [0.1, 0.15) is 31.1 Å². The van der Waals surface area contributed by atoms with Crippen molar-refractivity contribution in [3.05, 3.63) is 23.6 Å². The maximum Gasteiger partial charge on any atom is 0.257 e. The molecule has 2 rings (SSSR count). The van der Waals surface area contributed by atoms with E-state index in [0.29, 0.717) is 19.7 Å². The summed E-state index contributed by atoms with van der Waals surface area (Å²) in [5.74, 6) is -0.787. The van der Waals surface area contributed by atoms with Gasteiger partial charge in [0.2, 0.25) is 0 Å². The zero-order chi connectivity index (χ0) is 14.7. The predicted molar refractivity (Wildman–Crippen MR) is 74.3 cm³/mol. The van der Waals surface area contributed by atoms with Crippen LogP contribution in [0.3, 0.4) is 0 Å². The molecule has 2 heterocycles. The Hall–Kier alpha value is -1.69. The summed E-state index contributed by atoms with van der Waals surface area (Å²) in [4.78, 5) is 18.1. The number of pyridine rings is 1. The molecule has 1 N–H and O–H groups in total. The molecule has 1 aromatic rings. The highest BCUT2D eigenvalue weighted by atomic mass is 19.1. The Morgan fingerprint density at radius 1 is 1.60 bits per heavy atom. The highest BCUT2D eigenvalue weighted by Crippen LogP contribution is 2.20. The summed E-state index contributed by atoms with van der Waals surface area (Å²) in [6, 6.07) is 1.36. The lowest BCUT2D eigenvalue weighted by Gasteiger charge is -2.36. The summed E-state index contributed by atoms with van der Waals surface area (Å²) in [7, 11) is 0. The van der Waals surface area contributed by atoms with Gasteiger partial charge in [-0.25, -0.2) is 9.37 Å². The lowest BCUT2D eigenvalue weighted by molar-refractivity contribution is -0.0388. The van der Waals surface area contributed by atoms with Crippen molar-refractivity contribution in [3.63, 3.8) is 0 Å². The third-order valence-corrected chi connectivity index (χ3v) is 3.33. The summed E-state index contributed by atoms with van der Waals surface area (Å²) >= 11 is 0. The molecule has 0 radical (unpaired) electrons. The van der Waals surface area contributed by atoms with Gasteiger partial charge >= 0.3 is 0 Å². The number of anilines is 1. The zero-order valence-electron chi connectivity index (χ0n) is 12.0. The molecule has 0 spiro atoms. The summed E-state index contributed by atoms with van der Waals surface area (Å²) in [6.45, 7) is 7.14. The summed E-state index contributed by atoms with van der Waals surface area (Å²) in [5.41, 5.74) is 0.0527. The topological polar surface area (TPSA) is 54.5 Å². The van der Waals surface area contributed by atoms with Crippen molar-refractivity contribution in [3.8, 4) is 0 Å².